The Balaban J connectivity index is 1.48. The quantitative estimate of drug-likeness (QED) is 0.340. The molecule has 1 fully saturated rings. The number of thioether (sulfide) groups is 1. The lowest BCUT2D eigenvalue weighted by molar-refractivity contribution is -0.127. The van der Waals surface area contributed by atoms with Crippen molar-refractivity contribution in [2.45, 2.75) is 6.61 Å². The lowest BCUT2D eigenvalue weighted by atomic mass is 10.1. The van der Waals surface area contributed by atoms with Crippen molar-refractivity contribution in [2.75, 3.05) is 26.1 Å². The van der Waals surface area contributed by atoms with Gasteiger partial charge in [-0.2, -0.15) is 5.26 Å². The third kappa shape index (κ3) is 6.34. The summed E-state index contributed by atoms with van der Waals surface area (Å²) in [4.78, 5) is 39.0. The van der Waals surface area contributed by atoms with Gasteiger partial charge in [-0.05, 0) is 53.7 Å². The number of hydrogen-bond acceptors (Lipinski definition) is 8. The summed E-state index contributed by atoms with van der Waals surface area (Å²) in [6.45, 7) is -0.365. The number of carbonyl (C=O) groups is 3. The lowest BCUT2D eigenvalue weighted by Crippen LogP contribution is -2.36. The fourth-order valence-corrected chi connectivity index (χ4v) is 4.85. The van der Waals surface area contributed by atoms with Crippen LogP contribution in [-0.4, -0.2) is 42.7 Å². The Morgan fingerprint density at radius 2 is 1.79 bits per heavy atom. The number of anilines is 1. The number of nitrogens with zero attached hydrogens (tertiary/aromatic N) is 2. The number of amides is 3. The van der Waals surface area contributed by atoms with Gasteiger partial charge in [0.1, 0.15) is 18.9 Å². The third-order valence-corrected chi connectivity index (χ3v) is 6.80. The first-order valence-corrected chi connectivity index (χ1v) is 12.7. The highest BCUT2D eigenvalue weighted by molar-refractivity contribution is 8.18. The van der Waals surface area contributed by atoms with Crippen LogP contribution < -0.4 is 19.5 Å². The maximum Gasteiger partial charge on any atom is 0.294 e. The molecule has 0 atom stereocenters. The van der Waals surface area contributed by atoms with Crippen molar-refractivity contribution in [3.8, 4) is 23.3 Å². The van der Waals surface area contributed by atoms with Crippen molar-refractivity contribution >= 4 is 52.2 Å². The molecule has 3 aromatic rings. The maximum absolute atomic E-state index is 13.0. The van der Waals surface area contributed by atoms with E-state index in [1.165, 1.54) is 20.3 Å². The summed E-state index contributed by atoms with van der Waals surface area (Å²) in [6, 6.07) is 19.1. The average Bonchev–Trinajstić information content (AvgIpc) is 3.19. The second kappa shape index (κ2) is 12.4. The molecular formula is C28H22ClN3O6S. The molecule has 1 saturated heterocycles. The molecule has 9 nitrogen and oxygen atoms in total. The van der Waals surface area contributed by atoms with Crippen molar-refractivity contribution in [3.05, 3.63) is 87.3 Å². The molecule has 1 heterocycles. The highest BCUT2D eigenvalue weighted by atomic mass is 35.5. The molecule has 0 bridgehead atoms. The van der Waals surface area contributed by atoms with Crippen LogP contribution in [0.15, 0.2) is 65.6 Å². The molecule has 1 aliphatic heterocycles. The molecule has 39 heavy (non-hydrogen) atoms. The van der Waals surface area contributed by atoms with Gasteiger partial charge in [0.25, 0.3) is 11.1 Å². The Labute approximate surface area is 233 Å². The van der Waals surface area contributed by atoms with Crippen molar-refractivity contribution in [1.29, 1.82) is 5.26 Å². The molecule has 0 radical (unpaired) electrons. The van der Waals surface area contributed by atoms with Gasteiger partial charge in [-0.25, -0.2) is 0 Å². The van der Waals surface area contributed by atoms with Gasteiger partial charge in [-0.1, -0.05) is 41.9 Å². The van der Waals surface area contributed by atoms with E-state index in [1.54, 1.807) is 60.7 Å². The first kappa shape index (κ1) is 27.6. The highest BCUT2D eigenvalue weighted by Gasteiger charge is 2.36. The Kier molecular flexibility index (Phi) is 8.76. The predicted molar refractivity (Wildman–Crippen MR) is 148 cm³/mol. The SMILES string of the molecule is COc1ccccc1NC(=O)CN1C(=O)S/C(=C\c2cc(Cl)c(OCc3ccccc3C#N)c(OC)c2)C1=O. The summed E-state index contributed by atoms with van der Waals surface area (Å²) in [7, 11) is 2.92. The number of nitrogens with one attached hydrogen (secondary N) is 1. The largest absolute Gasteiger partial charge is 0.495 e. The van der Waals surface area contributed by atoms with E-state index >= 15 is 0 Å². The van der Waals surface area contributed by atoms with E-state index in [2.05, 4.69) is 11.4 Å². The number of halogens is 1. The molecule has 0 aromatic heterocycles. The van der Waals surface area contributed by atoms with Gasteiger partial charge in [-0.3, -0.25) is 19.3 Å². The Morgan fingerprint density at radius 1 is 1.08 bits per heavy atom. The van der Waals surface area contributed by atoms with Gasteiger partial charge in [0.05, 0.1) is 41.5 Å². The average molecular weight is 564 g/mol. The molecule has 3 amide bonds. The molecule has 1 N–H and O–H groups in total. The number of carbonyl (C=O) groups excluding carboxylic acids is 3. The minimum atomic E-state index is -0.608. The number of para-hydroxylation sites is 2. The van der Waals surface area contributed by atoms with E-state index in [4.69, 9.17) is 25.8 Å². The minimum Gasteiger partial charge on any atom is -0.495 e. The highest BCUT2D eigenvalue weighted by Crippen LogP contribution is 2.39. The molecule has 1 aliphatic rings. The van der Waals surface area contributed by atoms with Crippen LogP contribution in [0.2, 0.25) is 5.02 Å². The van der Waals surface area contributed by atoms with E-state index in [0.717, 1.165) is 4.90 Å². The monoisotopic (exact) mass is 563 g/mol. The Morgan fingerprint density at radius 3 is 2.54 bits per heavy atom. The first-order valence-electron chi connectivity index (χ1n) is 11.5. The molecule has 0 unspecified atom stereocenters. The summed E-state index contributed by atoms with van der Waals surface area (Å²) in [6.07, 6.45) is 1.49. The summed E-state index contributed by atoms with van der Waals surface area (Å²) in [5.41, 5.74) is 2.08. The van der Waals surface area contributed by atoms with Gasteiger partial charge < -0.3 is 19.5 Å². The molecule has 0 saturated carbocycles. The number of nitriles is 1. The van der Waals surface area contributed by atoms with Crippen LogP contribution in [0, 0.1) is 11.3 Å². The third-order valence-electron chi connectivity index (χ3n) is 5.62. The van der Waals surface area contributed by atoms with E-state index < -0.39 is 23.6 Å². The number of rotatable bonds is 9. The fourth-order valence-electron chi connectivity index (χ4n) is 3.74. The molecule has 198 valence electrons. The second-order valence-corrected chi connectivity index (χ2v) is 9.51. The fraction of sp³-hybridized carbons (Fsp3) is 0.143. The smallest absolute Gasteiger partial charge is 0.294 e. The van der Waals surface area contributed by atoms with Crippen LogP contribution in [0.25, 0.3) is 6.08 Å². The van der Waals surface area contributed by atoms with Gasteiger partial charge in [0, 0.05) is 5.56 Å². The molecule has 3 aromatic carbocycles. The van der Waals surface area contributed by atoms with Gasteiger partial charge in [0.15, 0.2) is 11.5 Å². The zero-order valence-electron chi connectivity index (χ0n) is 20.9. The van der Waals surface area contributed by atoms with Gasteiger partial charge >= 0.3 is 0 Å². The Bertz CT molecular complexity index is 1520. The molecule has 4 rings (SSSR count). The van der Waals surface area contributed by atoms with Crippen LogP contribution in [-0.2, 0) is 16.2 Å². The predicted octanol–water partition coefficient (Wildman–Crippen LogP) is 5.48. The molecular weight excluding hydrogens is 542 g/mol. The zero-order valence-corrected chi connectivity index (χ0v) is 22.5. The minimum absolute atomic E-state index is 0.0922. The standard InChI is InChI=1S/C28H22ClN3O6S/c1-36-22-10-6-5-9-21(22)31-25(33)15-32-27(34)24(39-28(32)35)13-17-11-20(29)26(23(12-17)37-2)38-16-19-8-4-3-7-18(19)14-30/h3-13H,15-16H2,1-2H3,(H,31,33)/b24-13-. The van der Waals surface area contributed by atoms with Crippen LogP contribution in [0.4, 0.5) is 10.5 Å². The summed E-state index contributed by atoms with van der Waals surface area (Å²) in [5.74, 6) is -0.132. The van der Waals surface area contributed by atoms with E-state index in [0.29, 0.717) is 45.6 Å². The topological polar surface area (TPSA) is 118 Å². The van der Waals surface area contributed by atoms with E-state index in [-0.39, 0.29) is 22.3 Å². The van der Waals surface area contributed by atoms with Crippen LogP contribution in [0.5, 0.6) is 17.2 Å². The number of hydrogen-bond donors (Lipinski definition) is 1. The zero-order chi connectivity index (χ0) is 27.9. The summed E-state index contributed by atoms with van der Waals surface area (Å²) < 4.78 is 16.5. The summed E-state index contributed by atoms with van der Waals surface area (Å²) in [5, 5.41) is 11.6. The van der Waals surface area contributed by atoms with Crippen molar-refractivity contribution in [1.82, 2.24) is 4.90 Å². The number of ether oxygens (including phenoxy) is 3. The van der Waals surface area contributed by atoms with E-state index in [9.17, 15) is 19.6 Å². The first-order chi connectivity index (χ1) is 18.8. The van der Waals surface area contributed by atoms with Crippen molar-refractivity contribution < 1.29 is 28.6 Å². The molecule has 0 spiro atoms. The molecule has 11 heteroatoms. The number of methoxy groups -OCH3 is 2. The second-order valence-electron chi connectivity index (χ2n) is 8.11. The number of benzene rings is 3. The maximum atomic E-state index is 13.0. The van der Waals surface area contributed by atoms with Crippen LogP contribution in [0.3, 0.4) is 0 Å². The summed E-state index contributed by atoms with van der Waals surface area (Å²) >= 11 is 7.19. The Hall–Kier alpha value is -4.46. The lowest BCUT2D eigenvalue weighted by Gasteiger charge is -2.14. The number of imide groups is 1. The van der Waals surface area contributed by atoms with Crippen LogP contribution >= 0.6 is 23.4 Å². The van der Waals surface area contributed by atoms with Gasteiger partial charge in [0.2, 0.25) is 5.91 Å². The van der Waals surface area contributed by atoms with Crippen LogP contribution in [0.1, 0.15) is 16.7 Å². The van der Waals surface area contributed by atoms with E-state index in [1.807, 2.05) is 0 Å². The molecule has 0 aliphatic carbocycles. The van der Waals surface area contributed by atoms with Crippen molar-refractivity contribution in [3.63, 3.8) is 0 Å². The van der Waals surface area contributed by atoms with Gasteiger partial charge in [-0.15, -0.1) is 0 Å². The normalized spacial score (nSPS) is 13.8. The van der Waals surface area contributed by atoms with Crippen molar-refractivity contribution in [2.24, 2.45) is 0 Å².